The van der Waals surface area contributed by atoms with Crippen molar-refractivity contribution >= 4 is 28.7 Å². The lowest BCUT2D eigenvalue weighted by atomic mass is 9.61. The highest BCUT2D eigenvalue weighted by Crippen LogP contribution is 2.52. The van der Waals surface area contributed by atoms with Crippen LogP contribution in [-0.2, 0) is 14.3 Å². The fourth-order valence-corrected chi connectivity index (χ4v) is 4.63. The highest BCUT2D eigenvalue weighted by molar-refractivity contribution is 8.14. The largest absolute Gasteiger partial charge is 0.465 e. The molecular weight excluding hydrogens is 328 g/mol. The molecule has 1 spiro atoms. The minimum absolute atomic E-state index is 0.0295. The number of nitrogens with two attached hydrogens (primary N) is 2. The maximum atomic E-state index is 12.2. The summed E-state index contributed by atoms with van der Waals surface area (Å²) in [5.41, 5.74) is 11.3. The third-order valence-corrected chi connectivity index (χ3v) is 5.57. The molecule has 0 bridgehead atoms. The van der Waals surface area contributed by atoms with Crippen LogP contribution in [0.5, 0.6) is 0 Å². The lowest BCUT2D eigenvalue weighted by Crippen LogP contribution is -2.48. The minimum atomic E-state index is -0.723. The van der Waals surface area contributed by atoms with Crippen LogP contribution in [0.25, 0.3) is 0 Å². The van der Waals surface area contributed by atoms with Gasteiger partial charge in [-0.2, -0.15) is 5.26 Å². The van der Waals surface area contributed by atoms with Crippen LogP contribution >= 0.6 is 11.8 Å². The third kappa shape index (κ3) is 3.41. The number of hydrogen-bond donors (Lipinski definition) is 2. The van der Waals surface area contributed by atoms with E-state index in [0.29, 0.717) is 23.5 Å². The molecule has 8 heteroatoms. The molecule has 1 amide bonds. The Balaban J connectivity index is 2.38. The van der Waals surface area contributed by atoms with E-state index in [1.54, 1.807) is 6.92 Å². The van der Waals surface area contributed by atoms with E-state index in [2.05, 4.69) is 11.1 Å². The zero-order chi connectivity index (χ0) is 17.7. The molecule has 0 saturated heterocycles. The summed E-state index contributed by atoms with van der Waals surface area (Å²) >= 11 is 1.12. The zero-order valence-electron chi connectivity index (χ0n) is 13.7. The second-order valence-corrected chi connectivity index (χ2v) is 6.96. The van der Waals surface area contributed by atoms with Gasteiger partial charge in [-0.3, -0.25) is 9.59 Å². The highest BCUT2D eigenvalue weighted by atomic mass is 32.2. The molecule has 1 fully saturated rings. The van der Waals surface area contributed by atoms with E-state index in [9.17, 15) is 14.9 Å². The lowest BCUT2D eigenvalue weighted by Gasteiger charge is -2.44. The van der Waals surface area contributed by atoms with Gasteiger partial charge in [0, 0.05) is 5.41 Å². The summed E-state index contributed by atoms with van der Waals surface area (Å²) in [4.78, 5) is 28.1. The first-order chi connectivity index (χ1) is 11.5. The van der Waals surface area contributed by atoms with Gasteiger partial charge in [0.15, 0.2) is 0 Å². The molecule has 130 valence electrons. The number of ether oxygens (including phenoxy) is 1. The predicted molar refractivity (Wildman–Crippen MR) is 91.6 cm³/mol. The maximum Gasteiger partial charge on any atom is 0.316 e. The molecule has 1 aliphatic heterocycles. The average Bonchev–Trinajstić information content (AvgIpc) is 2.53. The molecule has 1 heterocycles. The molecule has 2 aliphatic rings. The fourth-order valence-electron chi connectivity index (χ4n) is 3.61. The highest BCUT2D eigenvalue weighted by Gasteiger charge is 2.51. The number of nitriles is 1. The van der Waals surface area contributed by atoms with Crippen molar-refractivity contribution in [2.45, 2.75) is 39.0 Å². The van der Waals surface area contributed by atoms with Crippen LogP contribution in [0, 0.1) is 22.7 Å². The van der Waals surface area contributed by atoms with Crippen LogP contribution in [-0.4, -0.2) is 29.3 Å². The van der Waals surface area contributed by atoms with Crippen LogP contribution in [0.4, 0.5) is 0 Å². The number of primary amides is 1. The zero-order valence-corrected chi connectivity index (χ0v) is 14.5. The molecule has 1 aliphatic carbocycles. The van der Waals surface area contributed by atoms with Crippen molar-refractivity contribution in [3.8, 4) is 6.07 Å². The second-order valence-electron chi connectivity index (χ2n) is 5.97. The number of carbonyl (C=O) groups is 2. The summed E-state index contributed by atoms with van der Waals surface area (Å²) in [5.74, 6) is -1.49. The number of hydrogen-bond acceptors (Lipinski definition) is 7. The summed E-state index contributed by atoms with van der Waals surface area (Å²) in [6, 6.07) is 2.14. The van der Waals surface area contributed by atoms with Gasteiger partial charge < -0.3 is 16.2 Å². The number of nitrogens with zero attached hydrogens (tertiary/aromatic N) is 2. The van der Waals surface area contributed by atoms with Gasteiger partial charge in [0.05, 0.1) is 35.0 Å². The Morgan fingerprint density at radius 2 is 2.08 bits per heavy atom. The van der Waals surface area contributed by atoms with Gasteiger partial charge in [-0.05, 0) is 19.8 Å². The van der Waals surface area contributed by atoms with Gasteiger partial charge >= 0.3 is 5.97 Å². The Kier molecular flexibility index (Phi) is 5.89. The molecule has 2 rings (SSSR count). The summed E-state index contributed by atoms with van der Waals surface area (Å²) in [6.45, 7) is 2.01. The van der Waals surface area contributed by atoms with Crippen molar-refractivity contribution in [3.05, 3.63) is 11.4 Å². The Labute approximate surface area is 145 Å². The molecule has 0 aromatic heterocycles. The Morgan fingerprint density at radius 1 is 1.42 bits per heavy atom. The fraction of sp³-hybridized carbons (Fsp3) is 0.625. The topological polar surface area (TPSA) is 132 Å². The summed E-state index contributed by atoms with van der Waals surface area (Å²) in [6.07, 6.45) is 4.19. The van der Waals surface area contributed by atoms with Crippen LogP contribution in [0.15, 0.2) is 16.4 Å². The first kappa shape index (κ1) is 18.3. The van der Waals surface area contributed by atoms with Gasteiger partial charge in [0.1, 0.15) is 5.82 Å². The molecule has 1 atom stereocenters. The quantitative estimate of drug-likeness (QED) is 0.737. The van der Waals surface area contributed by atoms with Crippen molar-refractivity contribution < 1.29 is 14.3 Å². The van der Waals surface area contributed by atoms with E-state index >= 15 is 0 Å². The smallest absolute Gasteiger partial charge is 0.316 e. The first-order valence-corrected chi connectivity index (χ1v) is 9.01. The second kappa shape index (κ2) is 7.71. The van der Waals surface area contributed by atoms with Crippen molar-refractivity contribution in [2.75, 3.05) is 12.4 Å². The van der Waals surface area contributed by atoms with Crippen molar-refractivity contribution in [2.24, 2.45) is 27.8 Å². The van der Waals surface area contributed by atoms with E-state index in [1.807, 2.05) is 0 Å². The standard InChI is InChI=1S/C16H22N4O3S/c1-2-23-11(21)9-24-15-12(14(19)22)16(6-4-3-5-7-16)10(8-17)13(18)20-15/h12H,2-7,9,18H2,1H3,(H2,19,22). The number of rotatable bonds is 4. The molecule has 24 heavy (non-hydrogen) atoms. The van der Waals surface area contributed by atoms with Crippen molar-refractivity contribution in [1.29, 1.82) is 5.26 Å². The monoisotopic (exact) mass is 350 g/mol. The number of aliphatic imine (C=N–C) groups is 1. The SMILES string of the molecule is CCOC(=O)CSC1=NC(N)=C(C#N)C2(CCCCC2)C1C(N)=O. The van der Waals surface area contributed by atoms with Gasteiger partial charge in [0.25, 0.3) is 0 Å². The van der Waals surface area contributed by atoms with Gasteiger partial charge in [-0.1, -0.05) is 31.0 Å². The third-order valence-electron chi connectivity index (χ3n) is 4.57. The van der Waals surface area contributed by atoms with Gasteiger partial charge in [-0.25, -0.2) is 4.99 Å². The van der Waals surface area contributed by atoms with Crippen LogP contribution < -0.4 is 11.5 Å². The van der Waals surface area contributed by atoms with E-state index in [4.69, 9.17) is 16.2 Å². The maximum absolute atomic E-state index is 12.2. The van der Waals surface area contributed by atoms with E-state index in [0.717, 1.165) is 31.0 Å². The summed E-state index contributed by atoms with van der Waals surface area (Å²) in [5, 5.41) is 9.97. The number of carbonyl (C=O) groups excluding carboxylic acids is 2. The van der Waals surface area contributed by atoms with Gasteiger partial charge in [-0.15, -0.1) is 0 Å². The number of amides is 1. The molecule has 7 nitrogen and oxygen atoms in total. The molecule has 0 aromatic carbocycles. The van der Waals surface area contributed by atoms with E-state index in [-0.39, 0.29) is 24.2 Å². The molecule has 0 aromatic rings. The predicted octanol–water partition coefficient (Wildman–Crippen LogP) is 1.44. The number of thioether (sulfide) groups is 1. The normalized spacial score (nSPS) is 22.7. The molecule has 0 radical (unpaired) electrons. The molecule has 4 N–H and O–H groups in total. The van der Waals surface area contributed by atoms with Crippen molar-refractivity contribution in [1.82, 2.24) is 0 Å². The first-order valence-electron chi connectivity index (χ1n) is 8.03. The molecule has 1 unspecified atom stereocenters. The van der Waals surface area contributed by atoms with Crippen LogP contribution in [0.3, 0.4) is 0 Å². The Morgan fingerprint density at radius 3 is 2.62 bits per heavy atom. The Hall–Kier alpha value is -2.01. The molecular formula is C16H22N4O3S. The summed E-state index contributed by atoms with van der Waals surface area (Å²) in [7, 11) is 0. The minimum Gasteiger partial charge on any atom is -0.465 e. The van der Waals surface area contributed by atoms with Gasteiger partial charge in [0.2, 0.25) is 5.91 Å². The molecule has 1 saturated carbocycles. The van der Waals surface area contributed by atoms with Crippen LogP contribution in [0.2, 0.25) is 0 Å². The number of esters is 1. The Bertz CT molecular complexity index is 630. The van der Waals surface area contributed by atoms with E-state index < -0.39 is 17.2 Å². The van der Waals surface area contributed by atoms with Crippen molar-refractivity contribution in [3.63, 3.8) is 0 Å². The van der Waals surface area contributed by atoms with E-state index in [1.165, 1.54) is 0 Å². The number of allylic oxidation sites excluding steroid dienone is 1. The summed E-state index contributed by atoms with van der Waals surface area (Å²) < 4.78 is 4.91. The lowest BCUT2D eigenvalue weighted by molar-refractivity contribution is -0.139. The average molecular weight is 350 g/mol. The van der Waals surface area contributed by atoms with Crippen LogP contribution in [0.1, 0.15) is 39.0 Å².